The molecule has 4 heterocycles. The van der Waals surface area contributed by atoms with Crippen LogP contribution >= 0.6 is 0 Å². The van der Waals surface area contributed by atoms with Gasteiger partial charge in [-0.15, -0.1) is 0 Å². The average molecular weight is 1140 g/mol. The average Bonchev–Trinajstić information content (AvgIpc) is 4.18. The fourth-order valence-electron chi connectivity index (χ4n) is 6.16. The van der Waals surface area contributed by atoms with Crippen LogP contribution in [0.2, 0.25) is 0 Å². The van der Waals surface area contributed by atoms with Gasteiger partial charge >= 0.3 is 24.6 Å². The summed E-state index contributed by atoms with van der Waals surface area (Å²) in [6.07, 6.45) is 17.7. The van der Waals surface area contributed by atoms with Crippen molar-refractivity contribution in [2.24, 2.45) is 28.2 Å². The first-order valence-electron chi connectivity index (χ1n) is 21.2. The molecule has 24 nitrogen and oxygen atoms in total. The van der Waals surface area contributed by atoms with E-state index in [1.54, 1.807) is 48.5 Å². The van der Waals surface area contributed by atoms with E-state index in [1.807, 2.05) is 188 Å². The fourth-order valence-corrected chi connectivity index (χ4v) is 6.16. The molecule has 4 aromatic heterocycles. The number of carboxylic acid groups (broad SMARTS) is 4. The number of aryl methyl sites for hydroxylation is 4. The van der Waals surface area contributed by atoms with Crippen molar-refractivity contribution in [3.63, 3.8) is 0 Å². The number of aromatic nitrogens is 8. The Hall–Kier alpha value is -8.84. The monoisotopic (exact) mass is 1140 g/mol. The minimum absolute atomic E-state index is 0. The minimum Gasteiger partial charge on any atom is -1.00 e. The summed E-state index contributed by atoms with van der Waals surface area (Å²) in [5.41, 5.74) is 4.31. The van der Waals surface area contributed by atoms with Crippen LogP contribution in [0.1, 0.15) is 22.3 Å². The van der Waals surface area contributed by atoms with Crippen molar-refractivity contribution in [1.82, 2.24) is 18.3 Å². The molecule has 0 bridgehead atoms. The van der Waals surface area contributed by atoms with Crippen LogP contribution in [-0.4, -0.2) is 63.3 Å². The number of nitrogens with zero attached hydrogens (tertiary/aromatic N) is 8. The Kier molecular flexibility index (Phi) is 29.0. The topological polar surface area (TPSA) is 258 Å². The zero-order valence-corrected chi connectivity index (χ0v) is 43.8. The molecular formula is C48H52Cl4N8O16. The largest absolute Gasteiger partial charge is 1.00 e. The van der Waals surface area contributed by atoms with Crippen molar-refractivity contribution in [3.8, 4) is 23.0 Å². The van der Waals surface area contributed by atoms with Crippen molar-refractivity contribution in [2.75, 3.05) is 0 Å². The molecule has 0 saturated carbocycles. The Morgan fingerprint density at radius 2 is 0.513 bits per heavy atom. The molecule has 0 fully saturated rings. The molecule has 4 aromatic carbocycles. The molecule has 0 aliphatic carbocycles. The van der Waals surface area contributed by atoms with Crippen molar-refractivity contribution >= 4 is 24.6 Å². The summed E-state index contributed by atoms with van der Waals surface area (Å²) in [5, 5.41) is 33.1. The van der Waals surface area contributed by atoms with Gasteiger partial charge in [-0.25, -0.2) is 75.3 Å². The standard InChI is InChI=1S/4C12H12N2O4.4ClH/c4*1-13-6-7-14(9-13)8-10-2-4-11(5-3-10)17-18-12(15)16;;;;/h4*2-7,9H,8H2,1H3;4*1H. The summed E-state index contributed by atoms with van der Waals surface area (Å²) in [6.45, 7) is 2.95. The Morgan fingerprint density at radius 1 is 0.342 bits per heavy atom. The van der Waals surface area contributed by atoms with Crippen molar-refractivity contribution in [2.45, 2.75) is 26.2 Å². The van der Waals surface area contributed by atoms with Gasteiger partial charge in [0.1, 0.15) is 75.8 Å². The van der Waals surface area contributed by atoms with Crippen LogP contribution in [0.25, 0.3) is 0 Å². The Morgan fingerprint density at radius 3 is 0.645 bits per heavy atom. The maximum absolute atomic E-state index is 10.1. The highest BCUT2D eigenvalue weighted by atomic mass is 35.5. The van der Waals surface area contributed by atoms with Gasteiger partial charge in [0.2, 0.25) is 25.3 Å². The number of rotatable bonds is 16. The smallest absolute Gasteiger partial charge is 0.547 e. The number of hydrogen-bond acceptors (Lipinski definition) is 12. The lowest BCUT2D eigenvalue weighted by Gasteiger charge is -2.02. The van der Waals surface area contributed by atoms with E-state index in [1.165, 1.54) is 0 Å². The molecule has 0 radical (unpaired) electrons. The van der Waals surface area contributed by atoms with E-state index in [2.05, 4.69) is 39.1 Å². The van der Waals surface area contributed by atoms with Crippen molar-refractivity contribution < 1.29 is 147 Å². The van der Waals surface area contributed by atoms with E-state index in [4.69, 9.17) is 20.4 Å². The number of benzene rings is 4. The van der Waals surface area contributed by atoms with E-state index in [0.717, 1.165) is 48.4 Å². The molecule has 0 saturated heterocycles. The first-order chi connectivity index (χ1) is 34.5. The molecule has 0 atom stereocenters. The third-order valence-electron chi connectivity index (χ3n) is 9.29. The van der Waals surface area contributed by atoms with Crippen LogP contribution in [-0.2, 0) is 73.9 Å². The van der Waals surface area contributed by atoms with E-state index < -0.39 is 24.6 Å². The van der Waals surface area contributed by atoms with Gasteiger partial charge in [-0.3, -0.25) is 19.6 Å². The Bertz CT molecular complexity index is 2550. The van der Waals surface area contributed by atoms with E-state index in [-0.39, 0.29) is 49.6 Å². The van der Waals surface area contributed by atoms with Crippen LogP contribution in [0.5, 0.6) is 23.0 Å². The lowest BCUT2D eigenvalue weighted by molar-refractivity contribution is -0.671. The van der Waals surface area contributed by atoms with Gasteiger partial charge in [-0.1, -0.05) is 48.5 Å². The quantitative estimate of drug-likeness (QED) is 0.0399. The Balaban J connectivity index is 0.000000498. The van der Waals surface area contributed by atoms with Crippen molar-refractivity contribution in [3.05, 3.63) is 194 Å². The summed E-state index contributed by atoms with van der Waals surface area (Å²) >= 11 is 0. The molecule has 76 heavy (non-hydrogen) atoms. The number of imidazole rings is 4. The second-order valence-corrected chi connectivity index (χ2v) is 15.3. The van der Waals surface area contributed by atoms with Gasteiger partial charge in [0.05, 0.1) is 28.2 Å². The van der Waals surface area contributed by atoms with Gasteiger partial charge < -0.3 is 70.1 Å². The van der Waals surface area contributed by atoms with Crippen LogP contribution in [0, 0.1) is 0 Å². The molecule has 0 spiro atoms. The number of carbonyl (C=O) groups is 4. The fraction of sp³-hybridized carbons (Fsp3) is 0.167. The molecular weight excluding hydrogens is 1090 g/mol. The zero-order chi connectivity index (χ0) is 51.8. The molecule has 8 aromatic rings. The summed E-state index contributed by atoms with van der Waals surface area (Å²) in [4.78, 5) is 74.8. The molecule has 8 rings (SSSR count). The SMILES string of the molecule is C[n+]1ccn(Cc2ccc(OOC(=O)O)cc2)c1.C[n+]1ccn(Cc2ccc(OOC(=O)O)cc2)c1.C[n+]1ccn(Cc2ccc(OOC(=O)O)cc2)c1.C[n+]1ccn(Cc2ccc(OOC(=O)O)cc2)c1.[Cl-].[Cl-].[Cl-].[Cl-]. The summed E-state index contributed by atoms with van der Waals surface area (Å²) in [6, 6.07) is 28.0. The first kappa shape index (κ1) is 65.2. The third-order valence-corrected chi connectivity index (χ3v) is 9.29. The maximum atomic E-state index is 10.1. The highest BCUT2D eigenvalue weighted by molar-refractivity contribution is 5.57. The van der Waals surface area contributed by atoms with E-state index in [0.29, 0.717) is 23.0 Å². The second-order valence-electron chi connectivity index (χ2n) is 15.3. The zero-order valence-electron chi connectivity index (χ0n) is 40.8. The van der Waals surface area contributed by atoms with Gasteiger partial charge in [-0.05, 0) is 70.8 Å². The Labute approximate surface area is 459 Å². The lowest BCUT2D eigenvalue weighted by Crippen LogP contribution is -3.00. The highest BCUT2D eigenvalue weighted by Gasteiger charge is 2.09. The van der Waals surface area contributed by atoms with Gasteiger partial charge in [0.15, 0.2) is 23.0 Å². The van der Waals surface area contributed by atoms with Crippen LogP contribution < -0.4 is 87.4 Å². The molecule has 0 unspecified atom stereocenters. The van der Waals surface area contributed by atoms with E-state index >= 15 is 0 Å². The number of hydrogen-bond donors (Lipinski definition) is 4. The van der Waals surface area contributed by atoms with Crippen LogP contribution in [0.3, 0.4) is 0 Å². The predicted octanol–water partition coefficient (Wildman–Crippen LogP) is -6.59. The van der Waals surface area contributed by atoms with Gasteiger partial charge in [0.25, 0.3) is 0 Å². The van der Waals surface area contributed by atoms with Crippen LogP contribution in [0.15, 0.2) is 172 Å². The summed E-state index contributed by atoms with van der Waals surface area (Å²) in [7, 11) is 7.82. The number of halogens is 4. The molecule has 408 valence electrons. The van der Waals surface area contributed by atoms with Crippen LogP contribution in [0.4, 0.5) is 19.2 Å². The third kappa shape index (κ3) is 25.2. The second kappa shape index (κ2) is 33.8. The van der Waals surface area contributed by atoms with Gasteiger partial charge in [-0.2, -0.15) is 0 Å². The minimum atomic E-state index is -1.47. The van der Waals surface area contributed by atoms with Crippen molar-refractivity contribution in [1.29, 1.82) is 0 Å². The lowest BCUT2D eigenvalue weighted by atomic mass is 10.2. The molecule has 0 aliphatic rings. The molecule has 28 heteroatoms. The molecule has 4 N–H and O–H groups in total. The highest BCUT2D eigenvalue weighted by Crippen LogP contribution is 2.16. The summed E-state index contributed by atoms with van der Waals surface area (Å²) < 4.78 is 16.0. The van der Waals surface area contributed by atoms with Gasteiger partial charge in [0, 0.05) is 0 Å². The first-order valence-corrected chi connectivity index (χ1v) is 21.2. The predicted molar refractivity (Wildman–Crippen MR) is 244 cm³/mol. The normalized spacial score (nSPS) is 9.53. The summed E-state index contributed by atoms with van der Waals surface area (Å²) in [5.74, 6) is 1.39. The maximum Gasteiger partial charge on any atom is 0.547 e. The molecule has 0 aliphatic heterocycles. The van der Waals surface area contributed by atoms with E-state index in [9.17, 15) is 19.2 Å². The molecule has 0 amide bonds.